The molecule has 6 nitrogen and oxygen atoms in total. The van der Waals surface area contributed by atoms with Crippen LogP contribution in [0.5, 0.6) is 0 Å². The predicted molar refractivity (Wildman–Crippen MR) is 101 cm³/mol. The lowest BCUT2D eigenvalue weighted by atomic mass is 10.1. The van der Waals surface area contributed by atoms with Crippen LogP contribution in [0.4, 0.5) is 5.69 Å². The summed E-state index contributed by atoms with van der Waals surface area (Å²) < 4.78 is 1.84. The fraction of sp³-hybridized carbons (Fsp3) is 0.222. The molecule has 0 aliphatic rings. The number of nitrogens with one attached hydrogen (secondary N) is 1. The van der Waals surface area contributed by atoms with Crippen molar-refractivity contribution in [1.29, 1.82) is 0 Å². The fourth-order valence-electron chi connectivity index (χ4n) is 2.60. The highest BCUT2D eigenvalue weighted by Crippen LogP contribution is 2.26. The number of nitrogens with two attached hydrogens (primary N) is 1. The number of hydrogen-bond donors (Lipinski definition) is 3. The molecule has 0 radical (unpaired) electrons. The molecule has 1 atom stereocenters. The number of aromatic nitrogens is 2. The fourth-order valence-corrected chi connectivity index (χ4v) is 2.60. The van der Waals surface area contributed by atoms with Crippen LogP contribution in [0, 0.1) is 13.8 Å². The van der Waals surface area contributed by atoms with E-state index in [1.165, 1.54) is 0 Å². The van der Waals surface area contributed by atoms with Gasteiger partial charge in [-0.05, 0) is 49.2 Å². The van der Waals surface area contributed by atoms with Crippen molar-refractivity contribution >= 4 is 34.9 Å². The summed E-state index contributed by atoms with van der Waals surface area (Å²) in [6.07, 6.45) is 1.80. The molecule has 1 aromatic heterocycles. The molecule has 132 valence electrons. The van der Waals surface area contributed by atoms with Crippen LogP contribution >= 0.6 is 12.4 Å². The van der Waals surface area contributed by atoms with Crippen LogP contribution in [0.1, 0.15) is 11.1 Å². The van der Waals surface area contributed by atoms with Crippen LogP contribution in [0.25, 0.3) is 16.6 Å². The van der Waals surface area contributed by atoms with Crippen molar-refractivity contribution in [2.24, 2.45) is 5.73 Å². The predicted octanol–water partition coefficient (Wildman–Crippen LogP) is 2.32. The van der Waals surface area contributed by atoms with Gasteiger partial charge in [0.25, 0.3) is 0 Å². The zero-order valence-electron chi connectivity index (χ0n) is 14.1. The van der Waals surface area contributed by atoms with E-state index in [2.05, 4.69) is 10.4 Å². The second-order valence-electron chi connectivity index (χ2n) is 5.90. The number of aryl methyl sites for hydroxylation is 2. The lowest BCUT2D eigenvalue weighted by molar-refractivity contribution is -0.118. The molecule has 0 saturated carbocycles. The molecular weight excluding hydrogens is 340 g/mol. The first-order valence-corrected chi connectivity index (χ1v) is 7.72. The van der Waals surface area contributed by atoms with Crippen LogP contribution in [-0.2, 0) is 4.79 Å². The molecule has 25 heavy (non-hydrogen) atoms. The summed E-state index contributed by atoms with van der Waals surface area (Å²) in [6, 6.07) is 10.9. The van der Waals surface area contributed by atoms with Gasteiger partial charge in [0.1, 0.15) is 6.04 Å². The average molecular weight is 361 g/mol. The van der Waals surface area contributed by atoms with Crippen LogP contribution in [-0.4, -0.2) is 33.4 Å². The number of rotatable bonds is 4. The van der Waals surface area contributed by atoms with E-state index in [-0.39, 0.29) is 12.4 Å². The summed E-state index contributed by atoms with van der Waals surface area (Å²) in [7, 11) is 0. The van der Waals surface area contributed by atoms with Crippen LogP contribution in [0.2, 0.25) is 0 Å². The van der Waals surface area contributed by atoms with Crippen LogP contribution < -0.4 is 11.1 Å². The number of benzene rings is 2. The van der Waals surface area contributed by atoms with Crippen molar-refractivity contribution in [3.05, 3.63) is 53.7 Å². The van der Waals surface area contributed by atoms with Gasteiger partial charge in [-0.1, -0.05) is 12.1 Å². The van der Waals surface area contributed by atoms with Gasteiger partial charge in [-0.15, -0.1) is 12.4 Å². The Morgan fingerprint density at radius 2 is 2.08 bits per heavy atom. The van der Waals surface area contributed by atoms with E-state index in [9.17, 15) is 4.79 Å². The number of nitrogens with zero attached hydrogens (tertiary/aromatic N) is 2. The Bertz CT molecular complexity index is 907. The quantitative estimate of drug-likeness (QED) is 0.665. The molecule has 0 saturated heterocycles. The molecular formula is C18H21ClN4O2. The highest BCUT2D eigenvalue weighted by molar-refractivity contribution is 5.97. The average Bonchev–Trinajstić information content (AvgIpc) is 2.97. The maximum absolute atomic E-state index is 12.0. The number of fused-ring (bicyclic) bond motifs is 1. The Morgan fingerprint density at radius 1 is 1.32 bits per heavy atom. The van der Waals surface area contributed by atoms with E-state index in [0.29, 0.717) is 5.69 Å². The lowest BCUT2D eigenvalue weighted by Gasteiger charge is -2.13. The van der Waals surface area contributed by atoms with Gasteiger partial charge in [-0.25, -0.2) is 4.68 Å². The molecule has 4 N–H and O–H groups in total. The van der Waals surface area contributed by atoms with Crippen molar-refractivity contribution in [2.75, 3.05) is 11.9 Å². The van der Waals surface area contributed by atoms with Crippen molar-refractivity contribution in [3.8, 4) is 5.69 Å². The number of hydrogen-bond acceptors (Lipinski definition) is 4. The molecule has 0 unspecified atom stereocenters. The van der Waals surface area contributed by atoms with Crippen molar-refractivity contribution in [1.82, 2.24) is 9.78 Å². The Kier molecular flexibility index (Phi) is 5.79. The smallest absolute Gasteiger partial charge is 0.243 e. The topological polar surface area (TPSA) is 93.2 Å². The summed E-state index contributed by atoms with van der Waals surface area (Å²) in [6.45, 7) is 3.54. The standard InChI is InChI=1S/C18H20N4O2.ClH/c1-11-4-3-5-14(6-11)22-17-8-16(21-18(24)15(19)10-23)12(2)7-13(17)9-20-22;/h3-9,15,23H,10,19H2,1-2H3,(H,21,24);1H/t15-;/m0./s1. The summed E-state index contributed by atoms with van der Waals surface area (Å²) in [5.41, 5.74) is 10.1. The highest BCUT2D eigenvalue weighted by atomic mass is 35.5. The number of carbonyl (C=O) groups is 1. The zero-order chi connectivity index (χ0) is 17.3. The largest absolute Gasteiger partial charge is 0.394 e. The molecule has 7 heteroatoms. The number of aliphatic hydroxyl groups is 1. The maximum atomic E-state index is 12.0. The zero-order valence-corrected chi connectivity index (χ0v) is 14.9. The van der Waals surface area contributed by atoms with Gasteiger partial charge in [-0.3, -0.25) is 4.79 Å². The van der Waals surface area contributed by atoms with E-state index >= 15 is 0 Å². The molecule has 1 heterocycles. The summed E-state index contributed by atoms with van der Waals surface area (Å²) in [5, 5.41) is 17.2. The number of anilines is 1. The minimum atomic E-state index is -0.943. The van der Waals surface area contributed by atoms with Crippen molar-refractivity contribution in [3.63, 3.8) is 0 Å². The molecule has 0 aliphatic carbocycles. The minimum absolute atomic E-state index is 0. The molecule has 3 aromatic rings. The van der Waals surface area contributed by atoms with Gasteiger partial charge in [0.05, 0.1) is 24.0 Å². The summed E-state index contributed by atoms with van der Waals surface area (Å²) >= 11 is 0. The first kappa shape index (κ1) is 18.9. The number of amides is 1. The van der Waals surface area contributed by atoms with Gasteiger partial charge in [0.15, 0.2) is 0 Å². The van der Waals surface area contributed by atoms with E-state index < -0.39 is 18.6 Å². The second-order valence-corrected chi connectivity index (χ2v) is 5.90. The lowest BCUT2D eigenvalue weighted by Crippen LogP contribution is -2.38. The summed E-state index contributed by atoms with van der Waals surface area (Å²) in [4.78, 5) is 12.0. The number of carbonyl (C=O) groups excluding carboxylic acids is 1. The van der Waals surface area contributed by atoms with Crippen LogP contribution in [0.3, 0.4) is 0 Å². The monoisotopic (exact) mass is 360 g/mol. The van der Waals surface area contributed by atoms with E-state index in [1.807, 2.05) is 54.9 Å². The Hall–Kier alpha value is -2.41. The van der Waals surface area contributed by atoms with Gasteiger partial charge in [-0.2, -0.15) is 5.10 Å². The highest BCUT2D eigenvalue weighted by Gasteiger charge is 2.15. The molecule has 1 amide bonds. The third kappa shape index (κ3) is 3.82. The normalized spacial score (nSPS) is 11.8. The maximum Gasteiger partial charge on any atom is 0.243 e. The first-order valence-electron chi connectivity index (χ1n) is 7.72. The molecule has 0 bridgehead atoms. The Labute approximate surface area is 152 Å². The van der Waals surface area contributed by atoms with Gasteiger partial charge in [0, 0.05) is 11.1 Å². The molecule has 3 rings (SSSR count). The minimum Gasteiger partial charge on any atom is -0.394 e. The molecule has 2 aromatic carbocycles. The summed E-state index contributed by atoms with van der Waals surface area (Å²) in [5.74, 6) is -0.415. The van der Waals surface area contributed by atoms with E-state index in [0.717, 1.165) is 27.7 Å². The van der Waals surface area contributed by atoms with Crippen molar-refractivity contribution in [2.45, 2.75) is 19.9 Å². The molecule has 0 aliphatic heterocycles. The molecule has 0 spiro atoms. The first-order chi connectivity index (χ1) is 11.5. The molecule has 0 fully saturated rings. The third-order valence-electron chi connectivity index (χ3n) is 3.95. The van der Waals surface area contributed by atoms with E-state index in [4.69, 9.17) is 10.8 Å². The Balaban J connectivity index is 0.00000225. The second kappa shape index (κ2) is 7.65. The van der Waals surface area contributed by atoms with Gasteiger partial charge < -0.3 is 16.2 Å². The third-order valence-corrected chi connectivity index (χ3v) is 3.95. The van der Waals surface area contributed by atoms with Crippen LogP contribution in [0.15, 0.2) is 42.6 Å². The number of halogens is 1. The number of aliphatic hydroxyl groups excluding tert-OH is 1. The van der Waals surface area contributed by atoms with Gasteiger partial charge >= 0.3 is 0 Å². The Morgan fingerprint density at radius 3 is 2.76 bits per heavy atom. The van der Waals surface area contributed by atoms with Crippen molar-refractivity contribution < 1.29 is 9.90 Å². The van der Waals surface area contributed by atoms with Gasteiger partial charge in [0.2, 0.25) is 5.91 Å². The SMILES string of the molecule is Cc1cccc(-n2ncc3cc(C)c(NC(=O)[C@@H](N)CO)cc32)c1.Cl. The van der Waals surface area contributed by atoms with E-state index in [1.54, 1.807) is 6.20 Å².